The van der Waals surface area contributed by atoms with Crippen molar-refractivity contribution < 1.29 is 13.2 Å². The highest BCUT2D eigenvalue weighted by Crippen LogP contribution is 2.28. The fourth-order valence-corrected chi connectivity index (χ4v) is 3.20. The van der Waals surface area contributed by atoms with Crippen molar-refractivity contribution in [2.75, 3.05) is 0 Å². The molecule has 1 heterocycles. The summed E-state index contributed by atoms with van der Waals surface area (Å²) in [4.78, 5) is 0. The van der Waals surface area contributed by atoms with E-state index in [1.807, 2.05) is 0 Å². The molecule has 0 saturated heterocycles. The summed E-state index contributed by atoms with van der Waals surface area (Å²) in [5.41, 5.74) is 0.959. The second-order valence-electron chi connectivity index (χ2n) is 5.22. The Morgan fingerprint density at radius 1 is 1.00 bits per heavy atom. The van der Waals surface area contributed by atoms with Crippen molar-refractivity contribution in [3.8, 4) is 11.4 Å². The van der Waals surface area contributed by atoms with E-state index in [4.69, 9.17) is 0 Å². The molecule has 0 amide bonds. The first kappa shape index (κ1) is 17.3. The summed E-state index contributed by atoms with van der Waals surface area (Å²) in [5.74, 6) is -1.39. The van der Waals surface area contributed by atoms with Gasteiger partial charge in [-0.3, -0.25) is 4.57 Å². The van der Waals surface area contributed by atoms with Crippen molar-refractivity contribution in [2.24, 2.45) is 0 Å². The Kier molecular flexibility index (Phi) is 5.23. The molecular weight excluding hydrogens is 347 g/mol. The van der Waals surface area contributed by atoms with E-state index in [9.17, 15) is 13.2 Å². The normalized spacial score (nSPS) is 10.8. The van der Waals surface area contributed by atoms with Gasteiger partial charge in [0.25, 0.3) is 0 Å². The van der Waals surface area contributed by atoms with Crippen molar-refractivity contribution in [1.29, 1.82) is 0 Å². The van der Waals surface area contributed by atoms with Crippen LogP contribution in [0.25, 0.3) is 11.4 Å². The second kappa shape index (κ2) is 7.57. The average molecular weight is 361 g/mol. The van der Waals surface area contributed by atoms with Crippen LogP contribution in [0.15, 0.2) is 60.3 Å². The van der Waals surface area contributed by atoms with Gasteiger partial charge in [0, 0.05) is 12.3 Å². The van der Waals surface area contributed by atoms with Gasteiger partial charge in [-0.2, -0.15) is 0 Å². The van der Waals surface area contributed by atoms with Crippen LogP contribution in [-0.4, -0.2) is 14.8 Å². The maximum atomic E-state index is 14.0. The first-order valence-corrected chi connectivity index (χ1v) is 8.44. The highest BCUT2D eigenvalue weighted by Gasteiger charge is 2.16. The van der Waals surface area contributed by atoms with Gasteiger partial charge in [0.15, 0.2) is 22.6 Å². The summed E-state index contributed by atoms with van der Waals surface area (Å²) in [6, 6.07) is 10.1. The van der Waals surface area contributed by atoms with E-state index in [-0.39, 0.29) is 0 Å². The second-order valence-corrected chi connectivity index (χ2v) is 6.16. The zero-order chi connectivity index (χ0) is 17.8. The summed E-state index contributed by atoms with van der Waals surface area (Å²) in [5, 5.41) is 8.73. The maximum absolute atomic E-state index is 14.0. The van der Waals surface area contributed by atoms with Gasteiger partial charge in [-0.1, -0.05) is 36.0 Å². The lowest BCUT2D eigenvalue weighted by molar-refractivity contribution is 0.507. The standard InChI is InChI=1S/C18H14F3N3S/c1-2-9-24-17(13-5-3-4-6-14(13)19)22-23-18(24)25-11-12-7-8-15(20)16(21)10-12/h2-8,10H,1,9,11H2. The Morgan fingerprint density at radius 3 is 2.52 bits per heavy atom. The predicted molar refractivity (Wildman–Crippen MR) is 91.5 cm³/mol. The van der Waals surface area contributed by atoms with E-state index in [0.717, 1.165) is 12.1 Å². The number of halogens is 3. The summed E-state index contributed by atoms with van der Waals surface area (Å²) in [7, 11) is 0. The van der Waals surface area contributed by atoms with Crippen LogP contribution < -0.4 is 0 Å². The quantitative estimate of drug-likeness (QED) is 0.465. The SMILES string of the molecule is C=CCn1c(SCc2ccc(F)c(F)c2)nnc1-c1ccccc1F. The topological polar surface area (TPSA) is 30.7 Å². The molecule has 3 aromatic rings. The number of aromatic nitrogens is 3. The van der Waals surface area contributed by atoms with Crippen LogP contribution in [0.4, 0.5) is 13.2 Å². The van der Waals surface area contributed by atoms with Gasteiger partial charge in [0.05, 0.1) is 5.56 Å². The Hall–Kier alpha value is -2.54. The van der Waals surface area contributed by atoms with Gasteiger partial charge < -0.3 is 0 Å². The van der Waals surface area contributed by atoms with Crippen molar-refractivity contribution >= 4 is 11.8 Å². The number of benzene rings is 2. The monoisotopic (exact) mass is 361 g/mol. The fourth-order valence-electron chi connectivity index (χ4n) is 2.31. The molecule has 0 atom stereocenters. The number of nitrogens with zero attached hydrogens (tertiary/aromatic N) is 3. The van der Waals surface area contributed by atoms with Gasteiger partial charge in [-0.05, 0) is 29.8 Å². The van der Waals surface area contributed by atoms with Crippen LogP contribution in [0.3, 0.4) is 0 Å². The Labute approximate surface area is 147 Å². The molecular formula is C18H14F3N3S. The molecule has 2 aromatic carbocycles. The minimum absolute atomic E-state index is 0.344. The van der Waals surface area contributed by atoms with Gasteiger partial charge in [0.2, 0.25) is 0 Å². The molecule has 0 aliphatic heterocycles. The molecule has 128 valence electrons. The van der Waals surface area contributed by atoms with Crippen LogP contribution >= 0.6 is 11.8 Å². The van der Waals surface area contributed by atoms with Crippen LogP contribution in [0.1, 0.15) is 5.56 Å². The van der Waals surface area contributed by atoms with E-state index < -0.39 is 17.5 Å². The maximum Gasteiger partial charge on any atom is 0.192 e. The average Bonchev–Trinajstić information content (AvgIpc) is 2.99. The van der Waals surface area contributed by atoms with Crippen LogP contribution in [-0.2, 0) is 12.3 Å². The van der Waals surface area contributed by atoms with Crippen molar-refractivity contribution in [1.82, 2.24) is 14.8 Å². The zero-order valence-electron chi connectivity index (χ0n) is 13.1. The highest BCUT2D eigenvalue weighted by molar-refractivity contribution is 7.98. The highest BCUT2D eigenvalue weighted by atomic mass is 32.2. The van der Waals surface area contributed by atoms with Crippen molar-refractivity contribution in [3.63, 3.8) is 0 Å². The molecule has 0 unspecified atom stereocenters. The molecule has 7 heteroatoms. The number of rotatable bonds is 6. The smallest absolute Gasteiger partial charge is 0.192 e. The van der Waals surface area contributed by atoms with Gasteiger partial charge in [-0.15, -0.1) is 16.8 Å². The van der Waals surface area contributed by atoms with Gasteiger partial charge in [0.1, 0.15) is 5.82 Å². The lowest BCUT2D eigenvalue weighted by Gasteiger charge is -2.08. The number of thioether (sulfide) groups is 1. The molecule has 0 saturated carbocycles. The minimum Gasteiger partial charge on any atom is -0.298 e. The van der Waals surface area contributed by atoms with E-state index in [1.54, 1.807) is 28.8 Å². The molecule has 0 fully saturated rings. The van der Waals surface area contributed by atoms with E-state index in [1.165, 1.54) is 23.9 Å². The van der Waals surface area contributed by atoms with Crippen LogP contribution in [0.2, 0.25) is 0 Å². The molecule has 0 N–H and O–H groups in total. The number of hydrogen-bond acceptors (Lipinski definition) is 3. The van der Waals surface area contributed by atoms with Crippen LogP contribution in [0, 0.1) is 17.5 Å². The Balaban J connectivity index is 1.88. The molecule has 3 nitrogen and oxygen atoms in total. The number of hydrogen-bond donors (Lipinski definition) is 0. The van der Waals surface area contributed by atoms with E-state index >= 15 is 0 Å². The largest absolute Gasteiger partial charge is 0.298 e. The first-order valence-electron chi connectivity index (χ1n) is 7.46. The Morgan fingerprint density at radius 2 is 1.80 bits per heavy atom. The predicted octanol–water partition coefficient (Wildman–Crippen LogP) is 4.84. The molecule has 0 radical (unpaired) electrons. The van der Waals surface area contributed by atoms with E-state index in [0.29, 0.717) is 34.4 Å². The minimum atomic E-state index is -0.891. The molecule has 0 aliphatic carbocycles. The zero-order valence-corrected chi connectivity index (χ0v) is 13.9. The van der Waals surface area contributed by atoms with Crippen molar-refractivity contribution in [3.05, 3.63) is 78.1 Å². The van der Waals surface area contributed by atoms with Crippen molar-refractivity contribution in [2.45, 2.75) is 17.5 Å². The summed E-state index contributed by atoms with van der Waals surface area (Å²) in [6.45, 7) is 4.10. The lowest BCUT2D eigenvalue weighted by atomic mass is 10.2. The summed E-state index contributed by atoms with van der Waals surface area (Å²) < 4.78 is 42.1. The molecule has 3 rings (SSSR count). The molecule has 0 spiro atoms. The number of allylic oxidation sites excluding steroid dienone is 1. The van der Waals surface area contributed by atoms with Gasteiger partial charge >= 0.3 is 0 Å². The summed E-state index contributed by atoms with van der Waals surface area (Å²) >= 11 is 1.31. The van der Waals surface area contributed by atoms with E-state index in [2.05, 4.69) is 16.8 Å². The first-order chi connectivity index (χ1) is 12.1. The summed E-state index contributed by atoms with van der Waals surface area (Å²) in [6.07, 6.45) is 1.66. The van der Waals surface area contributed by atoms with Crippen LogP contribution in [0.5, 0.6) is 0 Å². The third-order valence-electron chi connectivity index (χ3n) is 3.50. The molecule has 0 aliphatic rings. The third kappa shape index (κ3) is 3.76. The fraction of sp³-hybridized carbons (Fsp3) is 0.111. The third-order valence-corrected chi connectivity index (χ3v) is 4.53. The molecule has 25 heavy (non-hydrogen) atoms. The Bertz CT molecular complexity index is 908. The van der Waals surface area contributed by atoms with Gasteiger partial charge in [-0.25, -0.2) is 13.2 Å². The molecule has 1 aromatic heterocycles. The lowest BCUT2D eigenvalue weighted by Crippen LogP contribution is -2.02. The molecule has 0 bridgehead atoms.